The smallest absolute Gasteiger partial charge is 0.338 e. The molecule has 0 atom stereocenters. The van der Waals surface area contributed by atoms with Gasteiger partial charge in [0.25, 0.3) is 5.91 Å². The molecule has 0 aliphatic rings. The average molecular weight is 288 g/mol. The van der Waals surface area contributed by atoms with Crippen LogP contribution in [0.3, 0.4) is 0 Å². The van der Waals surface area contributed by atoms with Gasteiger partial charge < -0.3 is 15.2 Å². The summed E-state index contributed by atoms with van der Waals surface area (Å²) in [5.74, 6) is -0.696. The predicted molar refractivity (Wildman–Crippen MR) is 60.2 cm³/mol. The molecular formula is C10H10BrNO4. The molecule has 16 heavy (non-hydrogen) atoms. The molecule has 5 nitrogen and oxygen atoms in total. The van der Waals surface area contributed by atoms with Gasteiger partial charge in [-0.2, -0.15) is 0 Å². The fraction of sp³-hybridized carbons (Fsp3) is 0.200. The Morgan fingerprint density at radius 3 is 2.62 bits per heavy atom. The summed E-state index contributed by atoms with van der Waals surface area (Å²) in [5, 5.41) is 0. The lowest BCUT2D eigenvalue weighted by molar-refractivity contribution is -0.119. The van der Waals surface area contributed by atoms with Crippen LogP contribution in [0.15, 0.2) is 22.7 Å². The standard InChI is InChI=1S/C10H10BrNO4/c1-15-10(14)6-2-7(11)4-8(3-6)16-5-9(12)13/h2-4H,5H2,1H3,(H2,12,13). The molecule has 6 heteroatoms. The highest BCUT2D eigenvalue weighted by Crippen LogP contribution is 2.21. The van der Waals surface area contributed by atoms with Crippen LogP contribution >= 0.6 is 15.9 Å². The van der Waals surface area contributed by atoms with E-state index in [1.54, 1.807) is 12.1 Å². The van der Waals surface area contributed by atoms with Crippen molar-refractivity contribution in [2.45, 2.75) is 0 Å². The topological polar surface area (TPSA) is 78.6 Å². The first-order chi connectivity index (χ1) is 7.52. The van der Waals surface area contributed by atoms with E-state index in [1.807, 2.05) is 0 Å². The zero-order valence-corrected chi connectivity index (χ0v) is 10.1. The molecular weight excluding hydrogens is 278 g/mol. The highest BCUT2D eigenvalue weighted by atomic mass is 79.9. The maximum atomic E-state index is 11.3. The molecule has 2 N–H and O–H groups in total. The van der Waals surface area contributed by atoms with E-state index in [0.717, 1.165) is 0 Å². The monoisotopic (exact) mass is 287 g/mol. The summed E-state index contributed by atoms with van der Waals surface area (Å²) in [7, 11) is 1.28. The van der Waals surface area contributed by atoms with Crippen LogP contribution in [0.4, 0.5) is 0 Å². The molecule has 0 radical (unpaired) electrons. The molecule has 0 unspecified atom stereocenters. The number of primary amides is 1. The number of methoxy groups -OCH3 is 1. The summed E-state index contributed by atoms with van der Waals surface area (Å²) >= 11 is 3.21. The number of benzene rings is 1. The van der Waals surface area contributed by atoms with Gasteiger partial charge in [0.1, 0.15) is 5.75 Å². The van der Waals surface area contributed by atoms with Crippen LogP contribution in [0.5, 0.6) is 5.75 Å². The van der Waals surface area contributed by atoms with Gasteiger partial charge in [-0.25, -0.2) is 4.79 Å². The Morgan fingerprint density at radius 1 is 1.38 bits per heavy atom. The van der Waals surface area contributed by atoms with Crippen LogP contribution in [0.2, 0.25) is 0 Å². The second-order valence-corrected chi connectivity index (χ2v) is 3.84. The van der Waals surface area contributed by atoms with Crippen molar-refractivity contribution in [3.8, 4) is 5.75 Å². The van der Waals surface area contributed by atoms with E-state index in [1.165, 1.54) is 13.2 Å². The average Bonchev–Trinajstić information content (AvgIpc) is 2.24. The zero-order valence-electron chi connectivity index (χ0n) is 8.53. The Morgan fingerprint density at radius 2 is 2.06 bits per heavy atom. The third-order valence-electron chi connectivity index (χ3n) is 1.67. The number of carbonyl (C=O) groups excluding carboxylic acids is 2. The normalized spacial score (nSPS) is 9.62. The van der Waals surface area contributed by atoms with Gasteiger partial charge in [0.2, 0.25) is 0 Å². The summed E-state index contributed by atoms with van der Waals surface area (Å²) in [6.45, 7) is -0.239. The lowest BCUT2D eigenvalue weighted by Crippen LogP contribution is -2.20. The van der Waals surface area contributed by atoms with Gasteiger partial charge >= 0.3 is 5.97 Å². The van der Waals surface area contributed by atoms with E-state index < -0.39 is 11.9 Å². The van der Waals surface area contributed by atoms with Gasteiger partial charge in [-0.15, -0.1) is 0 Å². The number of nitrogens with two attached hydrogens (primary N) is 1. The quantitative estimate of drug-likeness (QED) is 0.841. The maximum absolute atomic E-state index is 11.3. The SMILES string of the molecule is COC(=O)c1cc(Br)cc(OCC(N)=O)c1. The highest BCUT2D eigenvalue weighted by molar-refractivity contribution is 9.10. The van der Waals surface area contributed by atoms with Crippen molar-refractivity contribution in [3.63, 3.8) is 0 Å². The molecule has 0 aliphatic carbocycles. The molecule has 0 fully saturated rings. The number of rotatable bonds is 4. The van der Waals surface area contributed by atoms with Crippen LogP contribution in [0.25, 0.3) is 0 Å². The minimum absolute atomic E-state index is 0.239. The fourth-order valence-electron chi connectivity index (χ4n) is 1.04. The van der Waals surface area contributed by atoms with Crippen LogP contribution in [-0.4, -0.2) is 25.6 Å². The summed E-state index contributed by atoms with van der Waals surface area (Å²) in [5.41, 5.74) is 5.27. The van der Waals surface area contributed by atoms with Crippen molar-refractivity contribution in [1.29, 1.82) is 0 Å². The minimum atomic E-state index is -0.584. The summed E-state index contributed by atoms with van der Waals surface area (Å²) in [4.78, 5) is 21.8. The molecule has 1 aromatic rings. The van der Waals surface area contributed by atoms with Crippen LogP contribution in [0.1, 0.15) is 10.4 Å². The van der Waals surface area contributed by atoms with Crippen molar-refractivity contribution in [3.05, 3.63) is 28.2 Å². The molecule has 0 aliphatic heterocycles. The molecule has 0 spiro atoms. The molecule has 0 aromatic heterocycles. The van der Waals surface area contributed by atoms with Gasteiger partial charge in [0.05, 0.1) is 12.7 Å². The summed E-state index contributed by atoms with van der Waals surface area (Å²) < 4.78 is 10.3. The molecule has 0 saturated heterocycles. The lowest BCUT2D eigenvalue weighted by Gasteiger charge is -2.06. The molecule has 1 amide bonds. The third kappa shape index (κ3) is 3.54. The van der Waals surface area contributed by atoms with E-state index in [9.17, 15) is 9.59 Å². The zero-order chi connectivity index (χ0) is 12.1. The Bertz CT molecular complexity index is 419. The summed E-state index contributed by atoms with van der Waals surface area (Å²) in [6, 6.07) is 4.68. The maximum Gasteiger partial charge on any atom is 0.338 e. The largest absolute Gasteiger partial charge is 0.484 e. The van der Waals surface area contributed by atoms with E-state index >= 15 is 0 Å². The molecule has 1 aromatic carbocycles. The molecule has 86 valence electrons. The van der Waals surface area contributed by atoms with E-state index in [4.69, 9.17) is 10.5 Å². The molecule has 0 saturated carbocycles. The van der Waals surface area contributed by atoms with Gasteiger partial charge in [-0.1, -0.05) is 15.9 Å². The van der Waals surface area contributed by atoms with E-state index in [-0.39, 0.29) is 6.61 Å². The highest BCUT2D eigenvalue weighted by Gasteiger charge is 2.09. The number of esters is 1. The Kier molecular flexibility index (Phi) is 4.30. The first kappa shape index (κ1) is 12.5. The van der Waals surface area contributed by atoms with Gasteiger partial charge in [0.15, 0.2) is 6.61 Å². The number of hydrogen-bond acceptors (Lipinski definition) is 4. The first-order valence-electron chi connectivity index (χ1n) is 4.33. The predicted octanol–water partition coefficient (Wildman–Crippen LogP) is 1.10. The molecule has 1 rings (SSSR count). The first-order valence-corrected chi connectivity index (χ1v) is 5.12. The lowest BCUT2D eigenvalue weighted by atomic mass is 10.2. The van der Waals surface area contributed by atoms with Gasteiger partial charge in [-0.05, 0) is 18.2 Å². The number of hydrogen-bond donors (Lipinski definition) is 1. The van der Waals surface area contributed by atoms with E-state index in [2.05, 4.69) is 20.7 Å². The Balaban J connectivity index is 2.89. The number of halogens is 1. The van der Waals surface area contributed by atoms with Gasteiger partial charge in [0, 0.05) is 4.47 Å². The fourth-order valence-corrected chi connectivity index (χ4v) is 1.51. The molecule has 0 bridgehead atoms. The van der Waals surface area contributed by atoms with Crippen molar-refractivity contribution < 1.29 is 19.1 Å². The van der Waals surface area contributed by atoms with Crippen molar-refractivity contribution in [2.24, 2.45) is 5.73 Å². The van der Waals surface area contributed by atoms with Gasteiger partial charge in [-0.3, -0.25) is 4.79 Å². The Labute approximate surface area is 101 Å². The molecule has 0 heterocycles. The number of amides is 1. The second kappa shape index (κ2) is 5.50. The van der Waals surface area contributed by atoms with E-state index in [0.29, 0.717) is 15.8 Å². The second-order valence-electron chi connectivity index (χ2n) is 2.92. The van der Waals surface area contributed by atoms with Crippen molar-refractivity contribution >= 4 is 27.8 Å². The van der Waals surface area contributed by atoms with Crippen LogP contribution in [0, 0.1) is 0 Å². The van der Waals surface area contributed by atoms with Crippen LogP contribution in [-0.2, 0) is 9.53 Å². The van der Waals surface area contributed by atoms with Crippen molar-refractivity contribution in [2.75, 3.05) is 13.7 Å². The minimum Gasteiger partial charge on any atom is -0.484 e. The Hall–Kier alpha value is -1.56. The van der Waals surface area contributed by atoms with Crippen LogP contribution < -0.4 is 10.5 Å². The number of carbonyl (C=O) groups is 2. The van der Waals surface area contributed by atoms with Crippen molar-refractivity contribution in [1.82, 2.24) is 0 Å². The third-order valence-corrected chi connectivity index (χ3v) is 2.13. The number of ether oxygens (including phenoxy) is 2. The summed E-state index contributed by atoms with van der Waals surface area (Å²) in [6.07, 6.45) is 0.